The van der Waals surface area contributed by atoms with Gasteiger partial charge in [0, 0.05) is 27.7 Å². The second-order valence-electron chi connectivity index (χ2n) is 9.79. The molecule has 0 spiro atoms. The number of hydrogen-bond acceptors (Lipinski definition) is 12. The Labute approximate surface area is 249 Å². The van der Waals surface area contributed by atoms with Crippen molar-refractivity contribution in [1.82, 2.24) is 5.32 Å². The lowest BCUT2D eigenvalue weighted by molar-refractivity contribution is -0.231. The molecule has 43 heavy (non-hydrogen) atoms. The molecule has 0 radical (unpaired) electrons. The SMILES string of the molecule is CC(=O)NC1C(OC(C)=O)[C@H](OC(C)=O)C(COC(C)=O)O[C@@H]1C(O)P(=O)(OCc1ccccc1)OCc1ccccc1. The summed E-state index contributed by atoms with van der Waals surface area (Å²) in [5.41, 5.74) is 1.25. The standard InChI is InChI=1S/C29H36NO12P/c1-18(31)30-25-27(41-21(4)34)26(40-20(3)33)24(17-37-19(2)32)42-28(25)29(35)43(36,38-15-22-11-7-5-8-12-22)39-16-23-13-9-6-10-14-23/h5-14,24-29,35H,15-17H2,1-4H3,(H,30,31)/t24?,25?,26-,27?,28+,29?/m1/s1. The van der Waals surface area contributed by atoms with Gasteiger partial charge in [-0.05, 0) is 11.1 Å². The van der Waals surface area contributed by atoms with Gasteiger partial charge in [-0.25, -0.2) is 0 Å². The minimum absolute atomic E-state index is 0.220. The van der Waals surface area contributed by atoms with Crippen LogP contribution in [0.3, 0.4) is 0 Å². The Balaban J connectivity index is 2.05. The molecule has 2 N–H and O–H groups in total. The lowest BCUT2D eigenvalue weighted by Gasteiger charge is -2.47. The summed E-state index contributed by atoms with van der Waals surface area (Å²) < 4.78 is 47.9. The zero-order valence-electron chi connectivity index (χ0n) is 24.2. The summed E-state index contributed by atoms with van der Waals surface area (Å²) >= 11 is 0. The first-order valence-corrected chi connectivity index (χ1v) is 15.1. The van der Waals surface area contributed by atoms with E-state index in [9.17, 15) is 28.8 Å². The zero-order valence-corrected chi connectivity index (χ0v) is 25.1. The first kappa shape index (κ1) is 33.9. The highest BCUT2D eigenvalue weighted by molar-refractivity contribution is 7.54. The molecule has 6 atom stereocenters. The fourth-order valence-electron chi connectivity index (χ4n) is 4.47. The molecule has 1 aliphatic rings. The number of carbonyl (C=O) groups excluding carboxylic acids is 4. The molecule has 1 amide bonds. The molecule has 13 nitrogen and oxygen atoms in total. The molecular weight excluding hydrogens is 585 g/mol. The van der Waals surface area contributed by atoms with Crippen LogP contribution in [-0.4, -0.2) is 71.8 Å². The smallest absolute Gasteiger partial charge is 0.362 e. The molecule has 2 aromatic carbocycles. The third kappa shape index (κ3) is 9.97. The molecule has 1 saturated heterocycles. The van der Waals surface area contributed by atoms with Crippen molar-refractivity contribution in [3.05, 3.63) is 71.8 Å². The number of rotatable bonds is 13. The monoisotopic (exact) mass is 621 g/mol. The molecular formula is C29H36NO12P. The largest absolute Gasteiger partial charge is 0.463 e. The third-order valence-electron chi connectivity index (χ3n) is 6.28. The van der Waals surface area contributed by atoms with Crippen LogP contribution in [0.4, 0.5) is 0 Å². The number of aliphatic hydroxyl groups is 1. The van der Waals surface area contributed by atoms with E-state index in [0.717, 1.165) is 27.7 Å². The Hall–Kier alpha value is -3.61. The van der Waals surface area contributed by atoms with E-state index in [1.807, 2.05) is 0 Å². The number of aliphatic hydroxyl groups excluding tert-OH is 1. The minimum atomic E-state index is -4.54. The van der Waals surface area contributed by atoms with E-state index in [1.165, 1.54) is 0 Å². The second kappa shape index (κ2) is 15.7. The molecule has 0 aromatic heterocycles. The topological polar surface area (TPSA) is 173 Å². The van der Waals surface area contributed by atoms with Crippen molar-refractivity contribution in [2.75, 3.05) is 6.61 Å². The Morgan fingerprint density at radius 1 is 0.814 bits per heavy atom. The highest BCUT2D eigenvalue weighted by Crippen LogP contribution is 2.56. The van der Waals surface area contributed by atoms with Crippen LogP contribution in [-0.2, 0) is 65.0 Å². The lowest BCUT2D eigenvalue weighted by Crippen LogP contribution is -2.68. The quantitative estimate of drug-likeness (QED) is 0.191. The number of carbonyl (C=O) groups is 4. The van der Waals surface area contributed by atoms with Gasteiger partial charge in [0.15, 0.2) is 18.1 Å². The molecule has 14 heteroatoms. The van der Waals surface area contributed by atoms with Crippen molar-refractivity contribution in [2.45, 2.75) is 77.2 Å². The molecule has 1 aliphatic heterocycles. The first-order chi connectivity index (χ1) is 20.4. The third-order valence-corrected chi connectivity index (χ3v) is 8.20. The van der Waals surface area contributed by atoms with Gasteiger partial charge in [-0.2, -0.15) is 0 Å². The number of benzene rings is 2. The number of amides is 1. The van der Waals surface area contributed by atoms with Crippen molar-refractivity contribution in [3.8, 4) is 0 Å². The van der Waals surface area contributed by atoms with Gasteiger partial charge in [0.05, 0.1) is 19.3 Å². The average molecular weight is 622 g/mol. The predicted molar refractivity (Wildman–Crippen MR) is 150 cm³/mol. The van der Waals surface area contributed by atoms with Gasteiger partial charge in [-0.1, -0.05) is 60.7 Å². The van der Waals surface area contributed by atoms with E-state index in [-0.39, 0.29) is 13.2 Å². The Morgan fingerprint density at radius 2 is 1.30 bits per heavy atom. The maximum atomic E-state index is 14.4. The maximum absolute atomic E-state index is 14.4. The van der Waals surface area contributed by atoms with Crippen LogP contribution in [0.2, 0.25) is 0 Å². The lowest BCUT2D eigenvalue weighted by atomic mass is 9.92. The predicted octanol–water partition coefficient (Wildman–Crippen LogP) is 2.63. The molecule has 4 unspecified atom stereocenters. The molecule has 0 aliphatic carbocycles. The summed E-state index contributed by atoms with van der Waals surface area (Å²) in [6.07, 6.45) is -5.80. The van der Waals surface area contributed by atoms with Gasteiger partial charge < -0.3 is 38.4 Å². The van der Waals surface area contributed by atoms with Crippen molar-refractivity contribution in [1.29, 1.82) is 0 Å². The summed E-state index contributed by atoms with van der Waals surface area (Å²) in [5, 5.41) is 14.2. The maximum Gasteiger partial charge on any atom is 0.362 e. The zero-order chi connectivity index (χ0) is 31.6. The van der Waals surface area contributed by atoms with Crippen LogP contribution in [0.15, 0.2) is 60.7 Å². The van der Waals surface area contributed by atoms with Gasteiger partial charge in [-0.3, -0.25) is 23.7 Å². The van der Waals surface area contributed by atoms with Crippen LogP contribution in [0.1, 0.15) is 38.8 Å². The van der Waals surface area contributed by atoms with E-state index >= 15 is 0 Å². The fourth-order valence-corrected chi connectivity index (χ4v) is 6.12. The Kier molecular flexibility index (Phi) is 12.4. The van der Waals surface area contributed by atoms with E-state index in [4.69, 9.17) is 28.0 Å². The summed E-state index contributed by atoms with van der Waals surface area (Å²) in [5.74, 6) is -5.01. The van der Waals surface area contributed by atoms with E-state index < -0.39 is 74.3 Å². The van der Waals surface area contributed by atoms with Crippen LogP contribution < -0.4 is 5.32 Å². The van der Waals surface area contributed by atoms with Crippen LogP contribution in [0.25, 0.3) is 0 Å². The van der Waals surface area contributed by atoms with Gasteiger partial charge in [-0.15, -0.1) is 0 Å². The van der Waals surface area contributed by atoms with Crippen molar-refractivity contribution in [2.24, 2.45) is 0 Å². The van der Waals surface area contributed by atoms with E-state index in [0.29, 0.717) is 11.1 Å². The number of esters is 3. The highest BCUT2D eigenvalue weighted by Gasteiger charge is 2.56. The summed E-state index contributed by atoms with van der Waals surface area (Å²) in [6.45, 7) is 3.56. The van der Waals surface area contributed by atoms with Gasteiger partial charge in [0.25, 0.3) is 0 Å². The molecule has 3 rings (SSSR count). The van der Waals surface area contributed by atoms with Gasteiger partial charge >= 0.3 is 25.5 Å². The fraction of sp³-hybridized carbons (Fsp3) is 0.448. The minimum Gasteiger partial charge on any atom is -0.463 e. The van der Waals surface area contributed by atoms with Gasteiger partial charge in [0.2, 0.25) is 5.91 Å². The molecule has 234 valence electrons. The summed E-state index contributed by atoms with van der Waals surface area (Å²) in [6, 6.07) is 16.1. The summed E-state index contributed by atoms with van der Waals surface area (Å²) in [7, 11) is -4.54. The second-order valence-corrected chi connectivity index (χ2v) is 11.9. The number of ether oxygens (including phenoxy) is 4. The Bertz CT molecular complexity index is 1240. The Morgan fingerprint density at radius 3 is 1.74 bits per heavy atom. The van der Waals surface area contributed by atoms with Crippen molar-refractivity contribution < 1.29 is 56.8 Å². The highest BCUT2D eigenvalue weighted by atomic mass is 31.2. The van der Waals surface area contributed by atoms with Gasteiger partial charge in [0.1, 0.15) is 18.8 Å². The number of nitrogens with one attached hydrogen (secondary N) is 1. The molecule has 2 aromatic rings. The molecule has 0 bridgehead atoms. The van der Waals surface area contributed by atoms with Crippen molar-refractivity contribution in [3.63, 3.8) is 0 Å². The van der Waals surface area contributed by atoms with Crippen LogP contribution in [0, 0.1) is 0 Å². The summed E-state index contributed by atoms with van der Waals surface area (Å²) in [4.78, 5) is 48.1. The molecule has 0 saturated carbocycles. The number of hydrogen-bond donors (Lipinski definition) is 2. The van der Waals surface area contributed by atoms with Crippen molar-refractivity contribution >= 4 is 31.4 Å². The normalized spacial score (nSPS) is 22.6. The van der Waals surface area contributed by atoms with Crippen LogP contribution >= 0.6 is 7.60 Å². The molecule has 1 fully saturated rings. The average Bonchev–Trinajstić information content (AvgIpc) is 2.96. The van der Waals surface area contributed by atoms with Crippen LogP contribution in [0.5, 0.6) is 0 Å². The molecule has 1 heterocycles. The van der Waals surface area contributed by atoms with E-state index in [2.05, 4.69) is 5.32 Å². The first-order valence-electron chi connectivity index (χ1n) is 13.4. The van der Waals surface area contributed by atoms with E-state index in [1.54, 1.807) is 60.7 Å².